The summed E-state index contributed by atoms with van der Waals surface area (Å²) < 4.78 is 106. The summed E-state index contributed by atoms with van der Waals surface area (Å²) in [7, 11) is 0. The molecule has 0 fully saturated rings. The predicted octanol–water partition coefficient (Wildman–Crippen LogP) is 11.2. The van der Waals surface area contributed by atoms with Gasteiger partial charge in [-0.2, -0.15) is 8.78 Å². The van der Waals surface area contributed by atoms with E-state index in [9.17, 15) is 22.0 Å². The van der Waals surface area contributed by atoms with Crippen molar-refractivity contribution in [3.8, 4) is 39.1 Å². The molecule has 0 bridgehead atoms. The first kappa shape index (κ1) is 30.9. The molecule has 0 unspecified atom stereocenters. The summed E-state index contributed by atoms with van der Waals surface area (Å²) in [5.41, 5.74) is 1.39. The highest BCUT2D eigenvalue weighted by Gasteiger charge is 2.41. The van der Waals surface area contributed by atoms with Crippen LogP contribution in [-0.2, 0) is 12.5 Å². The minimum atomic E-state index is -4.45. The van der Waals surface area contributed by atoms with E-state index in [1.165, 1.54) is 24.3 Å². The first-order chi connectivity index (χ1) is 21.1. The van der Waals surface area contributed by atoms with Crippen molar-refractivity contribution in [1.82, 2.24) is 0 Å². The van der Waals surface area contributed by atoms with E-state index in [0.29, 0.717) is 28.3 Å². The number of unbranched alkanes of at least 4 members (excludes halogenated alkanes) is 2. The van der Waals surface area contributed by atoms with Crippen LogP contribution in [0.2, 0.25) is 0 Å². The Morgan fingerprint density at radius 3 is 1.70 bits per heavy atom. The van der Waals surface area contributed by atoms with Crippen LogP contribution in [0, 0.1) is 29.1 Å². The van der Waals surface area contributed by atoms with Crippen molar-refractivity contribution in [2.75, 3.05) is 0 Å². The number of halogens is 7. The average Bonchev–Trinajstić information content (AvgIpc) is 2.98. The first-order valence-corrected chi connectivity index (χ1v) is 14.1. The largest absolute Gasteiger partial charge is 0.432 e. The lowest BCUT2D eigenvalue weighted by Gasteiger charge is -2.20. The van der Waals surface area contributed by atoms with Crippen LogP contribution < -0.4 is 4.74 Å². The molecular weight excluding hydrogens is 581 g/mol. The molecule has 0 aliphatic heterocycles. The van der Waals surface area contributed by atoms with Gasteiger partial charge in [0.2, 0.25) is 0 Å². The second-order valence-electron chi connectivity index (χ2n) is 10.4. The fourth-order valence-corrected chi connectivity index (χ4v) is 4.97. The van der Waals surface area contributed by atoms with Crippen molar-refractivity contribution >= 4 is 0 Å². The van der Waals surface area contributed by atoms with Crippen LogP contribution in [0.25, 0.3) is 33.4 Å². The maximum absolute atomic E-state index is 15.0. The Morgan fingerprint density at radius 1 is 0.523 bits per heavy atom. The third kappa shape index (κ3) is 6.80. The van der Waals surface area contributed by atoms with Gasteiger partial charge in [-0.25, -0.2) is 22.0 Å². The fourth-order valence-electron chi connectivity index (χ4n) is 4.97. The zero-order chi connectivity index (χ0) is 31.4. The van der Waals surface area contributed by atoms with Gasteiger partial charge in [-0.1, -0.05) is 74.4 Å². The van der Waals surface area contributed by atoms with Gasteiger partial charge in [0.25, 0.3) is 0 Å². The lowest BCUT2D eigenvalue weighted by molar-refractivity contribution is -0.189. The lowest BCUT2D eigenvalue weighted by Crippen LogP contribution is -2.25. The van der Waals surface area contributed by atoms with E-state index in [1.54, 1.807) is 24.3 Å². The molecule has 0 spiro atoms. The second-order valence-corrected chi connectivity index (χ2v) is 10.4. The molecule has 5 aromatic rings. The van der Waals surface area contributed by atoms with Gasteiger partial charge in [-0.3, -0.25) is 0 Å². The Morgan fingerprint density at radius 2 is 1.09 bits per heavy atom. The molecule has 0 saturated heterocycles. The SMILES string of the molecule is CCCCCc1ccc(-c2cc(F)c(C(F)(F)Oc3ccc(-c4ccc(-c5ccc(F)c(F)c5)cc4)c(F)c3)c(F)c2)cc1. The molecule has 5 aromatic carbocycles. The van der Waals surface area contributed by atoms with Crippen LogP contribution in [0.15, 0.2) is 97.1 Å². The number of alkyl halides is 2. The standard InChI is InChI=1S/C36H27F7O/c1-2-3-4-5-22-6-8-24(9-7-22)27-19-33(40)35(34(41)20-27)36(42,43)44-28-15-16-29(31(38)21-28)25-12-10-23(11-13-25)26-14-17-30(37)32(39)18-26/h6-21H,2-5H2,1H3. The number of ether oxygens (including phenoxy) is 1. The van der Waals surface area contributed by atoms with Crippen molar-refractivity contribution < 1.29 is 35.5 Å². The number of benzene rings is 5. The average molecular weight is 609 g/mol. The van der Waals surface area contributed by atoms with Crippen LogP contribution in [-0.4, -0.2) is 0 Å². The summed E-state index contributed by atoms with van der Waals surface area (Å²) >= 11 is 0. The summed E-state index contributed by atoms with van der Waals surface area (Å²) in [6, 6.07) is 21.2. The third-order valence-corrected chi connectivity index (χ3v) is 7.32. The van der Waals surface area contributed by atoms with Crippen molar-refractivity contribution in [2.45, 2.75) is 38.7 Å². The maximum atomic E-state index is 15.0. The summed E-state index contributed by atoms with van der Waals surface area (Å²) in [5, 5.41) is 0. The van der Waals surface area contributed by atoms with E-state index in [2.05, 4.69) is 11.7 Å². The van der Waals surface area contributed by atoms with E-state index in [1.807, 2.05) is 12.1 Å². The molecule has 0 N–H and O–H groups in total. The number of hydrogen-bond acceptors (Lipinski definition) is 1. The molecule has 8 heteroatoms. The summed E-state index contributed by atoms with van der Waals surface area (Å²) in [5.74, 6) is -6.57. The van der Waals surface area contributed by atoms with E-state index in [4.69, 9.17) is 0 Å². The molecule has 0 amide bonds. The Hall–Kier alpha value is -4.59. The summed E-state index contributed by atoms with van der Waals surface area (Å²) in [4.78, 5) is 0. The molecule has 5 rings (SSSR count). The van der Waals surface area contributed by atoms with Crippen LogP contribution in [0.1, 0.15) is 37.3 Å². The van der Waals surface area contributed by atoms with E-state index in [-0.39, 0.29) is 11.1 Å². The van der Waals surface area contributed by atoms with Crippen molar-refractivity contribution in [3.63, 3.8) is 0 Å². The number of rotatable bonds is 10. The van der Waals surface area contributed by atoms with Crippen LogP contribution >= 0.6 is 0 Å². The minimum absolute atomic E-state index is 0.0376. The van der Waals surface area contributed by atoms with Gasteiger partial charge in [0.15, 0.2) is 11.6 Å². The van der Waals surface area contributed by atoms with Crippen molar-refractivity contribution in [1.29, 1.82) is 0 Å². The van der Waals surface area contributed by atoms with Gasteiger partial charge in [0.05, 0.1) is 0 Å². The quantitative estimate of drug-likeness (QED) is 0.113. The Labute approximate surface area is 250 Å². The highest BCUT2D eigenvalue weighted by Crippen LogP contribution is 2.38. The van der Waals surface area contributed by atoms with Crippen molar-refractivity contribution in [3.05, 3.63) is 137 Å². The van der Waals surface area contributed by atoms with E-state index < -0.39 is 46.5 Å². The monoisotopic (exact) mass is 608 g/mol. The van der Waals surface area contributed by atoms with Crippen molar-refractivity contribution in [2.24, 2.45) is 0 Å². The zero-order valence-corrected chi connectivity index (χ0v) is 23.6. The highest BCUT2D eigenvalue weighted by atomic mass is 19.3. The Bertz CT molecular complexity index is 1740. The summed E-state index contributed by atoms with van der Waals surface area (Å²) in [6.45, 7) is 2.10. The Kier molecular flexibility index (Phi) is 9.09. The molecule has 226 valence electrons. The molecular formula is C36H27F7O. The molecule has 0 aliphatic rings. The lowest BCUT2D eigenvalue weighted by atomic mass is 9.99. The smallest absolute Gasteiger partial charge is 0.429 e. The highest BCUT2D eigenvalue weighted by molar-refractivity contribution is 5.71. The van der Waals surface area contributed by atoms with Gasteiger partial charge in [-0.15, -0.1) is 0 Å². The molecule has 1 nitrogen and oxygen atoms in total. The van der Waals surface area contributed by atoms with Gasteiger partial charge in [0.1, 0.15) is 28.8 Å². The number of hydrogen-bond donors (Lipinski definition) is 0. The van der Waals surface area contributed by atoms with E-state index >= 15 is 8.78 Å². The summed E-state index contributed by atoms with van der Waals surface area (Å²) in [6.07, 6.45) is -0.393. The molecule has 0 saturated carbocycles. The van der Waals surface area contributed by atoms with Gasteiger partial charge in [0, 0.05) is 11.6 Å². The molecule has 0 aliphatic carbocycles. The van der Waals surface area contributed by atoms with Gasteiger partial charge in [-0.05, 0) is 82.6 Å². The molecule has 44 heavy (non-hydrogen) atoms. The van der Waals surface area contributed by atoms with E-state index in [0.717, 1.165) is 61.6 Å². The van der Waals surface area contributed by atoms with Crippen LogP contribution in [0.4, 0.5) is 30.7 Å². The Balaban J connectivity index is 1.32. The first-order valence-electron chi connectivity index (χ1n) is 14.1. The predicted molar refractivity (Wildman–Crippen MR) is 157 cm³/mol. The van der Waals surface area contributed by atoms with Gasteiger partial charge >= 0.3 is 6.11 Å². The topological polar surface area (TPSA) is 9.23 Å². The molecule has 0 atom stereocenters. The zero-order valence-electron chi connectivity index (χ0n) is 23.6. The number of aryl methyl sites for hydroxylation is 1. The maximum Gasteiger partial charge on any atom is 0.432 e. The van der Waals surface area contributed by atoms with Crippen LogP contribution in [0.5, 0.6) is 5.75 Å². The minimum Gasteiger partial charge on any atom is -0.429 e. The third-order valence-electron chi connectivity index (χ3n) is 7.32. The molecule has 0 radical (unpaired) electrons. The fraction of sp³-hybridized carbons (Fsp3) is 0.167. The molecule has 0 aromatic heterocycles. The normalized spacial score (nSPS) is 11.5. The molecule has 0 heterocycles. The van der Waals surface area contributed by atoms with Gasteiger partial charge < -0.3 is 4.74 Å². The van der Waals surface area contributed by atoms with Crippen LogP contribution in [0.3, 0.4) is 0 Å². The second kappa shape index (κ2) is 13.0.